The van der Waals surface area contributed by atoms with Crippen molar-refractivity contribution < 1.29 is 4.74 Å². The predicted octanol–water partition coefficient (Wildman–Crippen LogP) is 2.20. The van der Waals surface area contributed by atoms with E-state index in [1.807, 2.05) is 25.3 Å². The summed E-state index contributed by atoms with van der Waals surface area (Å²) in [5.74, 6) is 1.94. The van der Waals surface area contributed by atoms with Crippen molar-refractivity contribution in [3.05, 3.63) is 18.3 Å². The highest BCUT2D eigenvalue weighted by Gasteiger charge is 2.29. The van der Waals surface area contributed by atoms with Crippen LogP contribution in [0.3, 0.4) is 0 Å². The second kappa shape index (κ2) is 5.78. The van der Waals surface area contributed by atoms with Gasteiger partial charge in [0.2, 0.25) is 0 Å². The highest BCUT2D eigenvalue weighted by atomic mass is 16.5. The molecule has 1 unspecified atom stereocenters. The first kappa shape index (κ1) is 12.7. The second-order valence-electron chi connectivity index (χ2n) is 5.43. The maximum absolute atomic E-state index is 5.71. The number of nitrogens with one attached hydrogen (secondary N) is 1. The Bertz CT molecular complexity index is 420. The van der Waals surface area contributed by atoms with E-state index in [9.17, 15) is 0 Å². The molecule has 0 radical (unpaired) electrons. The van der Waals surface area contributed by atoms with Gasteiger partial charge in [0.25, 0.3) is 0 Å². The summed E-state index contributed by atoms with van der Waals surface area (Å²) >= 11 is 0. The van der Waals surface area contributed by atoms with Gasteiger partial charge in [-0.25, -0.2) is 4.98 Å². The molecule has 1 N–H and O–H groups in total. The van der Waals surface area contributed by atoms with E-state index in [1.54, 1.807) is 0 Å². The Morgan fingerprint density at radius 1 is 1.42 bits per heavy atom. The topological polar surface area (TPSA) is 37.4 Å². The van der Waals surface area contributed by atoms with Crippen molar-refractivity contribution in [2.75, 3.05) is 24.6 Å². The van der Waals surface area contributed by atoms with Gasteiger partial charge < -0.3 is 15.0 Å². The van der Waals surface area contributed by atoms with Gasteiger partial charge in [-0.1, -0.05) is 0 Å². The van der Waals surface area contributed by atoms with E-state index in [1.165, 1.54) is 25.7 Å². The standard InChI is InChI=1S/C15H23N3O/c1-2-19-14-6-3-9-16-15(14)18-10-4-5-13(18)11-17-12-7-8-12/h3,6,9,12-13,17H,2,4-5,7-8,10-11H2,1H3. The Morgan fingerprint density at radius 3 is 3.11 bits per heavy atom. The zero-order valence-corrected chi connectivity index (χ0v) is 11.6. The summed E-state index contributed by atoms with van der Waals surface area (Å²) < 4.78 is 5.71. The highest BCUT2D eigenvalue weighted by Crippen LogP contribution is 2.31. The van der Waals surface area contributed by atoms with Crippen molar-refractivity contribution in [1.29, 1.82) is 0 Å². The van der Waals surface area contributed by atoms with E-state index >= 15 is 0 Å². The number of hydrogen-bond acceptors (Lipinski definition) is 4. The number of ether oxygens (including phenoxy) is 1. The van der Waals surface area contributed by atoms with E-state index < -0.39 is 0 Å². The number of rotatable bonds is 6. The average molecular weight is 261 g/mol. The molecule has 4 nitrogen and oxygen atoms in total. The van der Waals surface area contributed by atoms with Crippen LogP contribution in [-0.4, -0.2) is 36.8 Å². The average Bonchev–Trinajstić information content (AvgIpc) is 3.15. The van der Waals surface area contributed by atoms with Crippen LogP contribution in [0.2, 0.25) is 0 Å². The van der Waals surface area contributed by atoms with Crippen LogP contribution in [0.25, 0.3) is 0 Å². The van der Waals surface area contributed by atoms with Crippen LogP contribution < -0.4 is 15.0 Å². The Balaban J connectivity index is 1.71. The SMILES string of the molecule is CCOc1cccnc1N1CCCC1CNC1CC1. The fourth-order valence-corrected chi connectivity index (χ4v) is 2.78. The minimum absolute atomic E-state index is 0.565. The van der Waals surface area contributed by atoms with Gasteiger partial charge >= 0.3 is 0 Å². The molecule has 0 amide bonds. The third-order valence-corrected chi connectivity index (χ3v) is 3.92. The molecule has 0 aromatic carbocycles. The van der Waals surface area contributed by atoms with Crippen LogP contribution in [0.4, 0.5) is 5.82 Å². The molecule has 2 fully saturated rings. The van der Waals surface area contributed by atoms with E-state index in [0.717, 1.165) is 30.7 Å². The number of anilines is 1. The number of pyridine rings is 1. The largest absolute Gasteiger partial charge is 0.490 e. The Kier molecular flexibility index (Phi) is 3.87. The van der Waals surface area contributed by atoms with Crippen molar-refractivity contribution in [3.63, 3.8) is 0 Å². The quantitative estimate of drug-likeness (QED) is 0.852. The number of hydrogen-bond donors (Lipinski definition) is 1. The third kappa shape index (κ3) is 3.00. The van der Waals surface area contributed by atoms with Crippen molar-refractivity contribution in [1.82, 2.24) is 10.3 Å². The lowest BCUT2D eigenvalue weighted by atomic mass is 10.2. The molecule has 104 valence electrons. The first-order chi connectivity index (χ1) is 9.38. The molecular weight excluding hydrogens is 238 g/mol. The van der Waals surface area contributed by atoms with Gasteiger partial charge in [0.05, 0.1) is 6.61 Å². The van der Waals surface area contributed by atoms with Gasteiger partial charge in [-0.05, 0) is 44.7 Å². The van der Waals surface area contributed by atoms with Crippen LogP contribution in [0, 0.1) is 0 Å². The molecule has 4 heteroatoms. The molecule has 2 heterocycles. The normalized spacial score (nSPS) is 22.8. The van der Waals surface area contributed by atoms with Crippen LogP contribution in [0.5, 0.6) is 5.75 Å². The van der Waals surface area contributed by atoms with E-state index in [4.69, 9.17) is 4.74 Å². The number of aromatic nitrogens is 1. The molecule has 2 aliphatic rings. The Morgan fingerprint density at radius 2 is 2.32 bits per heavy atom. The molecule has 1 aliphatic heterocycles. The third-order valence-electron chi connectivity index (χ3n) is 3.92. The van der Waals surface area contributed by atoms with Crippen LogP contribution in [0.1, 0.15) is 32.6 Å². The van der Waals surface area contributed by atoms with E-state index in [-0.39, 0.29) is 0 Å². The zero-order chi connectivity index (χ0) is 13.1. The molecule has 0 bridgehead atoms. The summed E-state index contributed by atoms with van der Waals surface area (Å²) in [4.78, 5) is 6.96. The predicted molar refractivity (Wildman–Crippen MR) is 76.8 cm³/mol. The Hall–Kier alpha value is -1.29. The van der Waals surface area contributed by atoms with Gasteiger partial charge in [0, 0.05) is 31.4 Å². The molecular formula is C15H23N3O. The smallest absolute Gasteiger partial charge is 0.171 e. The summed E-state index contributed by atoms with van der Waals surface area (Å²) in [6, 6.07) is 5.31. The molecule has 0 spiro atoms. The lowest BCUT2D eigenvalue weighted by Crippen LogP contribution is -2.39. The fourth-order valence-electron chi connectivity index (χ4n) is 2.78. The maximum atomic E-state index is 5.71. The van der Waals surface area contributed by atoms with Gasteiger partial charge in [0.15, 0.2) is 11.6 Å². The van der Waals surface area contributed by atoms with Crippen molar-refractivity contribution in [2.24, 2.45) is 0 Å². The van der Waals surface area contributed by atoms with Crippen molar-refractivity contribution >= 4 is 5.82 Å². The van der Waals surface area contributed by atoms with Gasteiger partial charge in [0.1, 0.15) is 0 Å². The summed E-state index contributed by atoms with van der Waals surface area (Å²) in [6.07, 6.45) is 7.06. The van der Waals surface area contributed by atoms with Crippen molar-refractivity contribution in [3.8, 4) is 5.75 Å². The molecule has 19 heavy (non-hydrogen) atoms. The van der Waals surface area contributed by atoms with Crippen LogP contribution >= 0.6 is 0 Å². The first-order valence-electron chi connectivity index (χ1n) is 7.46. The number of nitrogens with zero attached hydrogens (tertiary/aromatic N) is 2. The van der Waals surface area contributed by atoms with Gasteiger partial charge in [-0.15, -0.1) is 0 Å². The van der Waals surface area contributed by atoms with E-state index in [2.05, 4.69) is 15.2 Å². The van der Waals surface area contributed by atoms with E-state index in [0.29, 0.717) is 12.6 Å². The summed E-state index contributed by atoms with van der Waals surface area (Å²) in [6.45, 7) is 4.88. The van der Waals surface area contributed by atoms with Gasteiger partial charge in [-0.3, -0.25) is 0 Å². The Labute approximate surface area is 115 Å². The molecule has 1 aromatic rings. The second-order valence-corrected chi connectivity index (χ2v) is 5.43. The van der Waals surface area contributed by atoms with Crippen LogP contribution in [0.15, 0.2) is 18.3 Å². The van der Waals surface area contributed by atoms with Crippen LogP contribution in [-0.2, 0) is 0 Å². The summed E-state index contributed by atoms with van der Waals surface area (Å²) in [5, 5.41) is 3.64. The molecule has 1 aromatic heterocycles. The lowest BCUT2D eigenvalue weighted by molar-refractivity contribution is 0.338. The molecule has 1 saturated heterocycles. The minimum Gasteiger partial charge on any atom is -0.490 e. The molecule has 1 atom stereocenters. The molecule has 1 saturated carbocycles. The summed E-state index contributed by atoms with van der Waals surface area (Å²) in [7, 11) is 0. The van der Waals surface area contributed by atoms with Crippen molar-refractivity contribution in [2.45, 2.75) is 44.7 Å². The molecule has 3 rings (SSSR count). The maximum Gasteiger partial charge on any atom is 0.171 e. The summed E-state index contributed by atoms with van der Waals surface area (Å²) in [5.41, 5.74) is 0. The monoisotopic (exact) mass is 261 g/mol. The van der Waals surface area contributed by atoms with Gasteiger partial charge in [-0.2, -0.15) is 0 Å². The molecule has 1 aliphatic carbocycles. The minimum atomic E-state index is 0.565. The highest BCUT2D eigenvalue weighted by molar-refractivity contribution is 5.53. The fraction of sp³-hybridized carbons (Fsp3) is 0.667. The first-order valence-corrected chi connectivity index (χ1v) is 7.46. The zero-order valence-electron chi connectivity index (χ0n) is 11.6. The lowest BCUT2D eigenvalue weighted by Gasteiger charge is -2.27.